The fourth-order valence-corrected chi connectivity index (χ4v) is 1.47. The van der Waals surface area contributed by atoms with Crippen molar-refractivity contribution in [1.29, 1.82) is 0 Å². The van der Waals surface area contributed by atoms with Crippen molar-refractivity contribution in [2.45, 2.75) is 65.8 Å². The van der Waals surface area contributed by atoms with Gasteiger partial charge in [0.25, 0.3) is 0 Å². The van der Waals surface area contributed by atoms with E-state index in [-0.39, 0.29) is 5.41 Å². The molecule has 0 aromatic carbocycles. The Morgan fingerprint density at radius 1 is 1.26 bits per heavy atom. The minimum Gasteiger partial charge on any atom is -0.478 e. The first-order valence-electron chi connectivity index (χ1n) is 7.15. The summed E-state index contributed by atoms with van der Waals surface area (Å²) in [5.41, 5.74) is -0.0858. The molecular formula is C15H27N3O. The molecule has 0 amide bonds. The SMILES string of the molecule is CCCOc1cc(NC(C)CC)nc(C(C)(C)C)n1. The molecule has 108 valence electrons. The summed E-state index contributed by atoms with van der Waals surface area (Å²) in [5.74, 6) is 2.32. The first-order valence-corrected chi connectivity index (χ1v) is 7.15. The lowest BCUT2D eigenvalue weighted by Gasteiger charge is -2.20. The standard InChI is InChI=1S/C15H27N3O/c1-7-9-19-13-10-12(16-11(3)8-2)17-14(18-13)15(4,5)6/h10-11H,7-9H2,1-6H3,(H,16,17,18). The third kappa shape index (κ3) is 5.05. The van der Waals surface area contributed by atoms with Crippen LogP contribution < -0.4 is 10.1 Å². The molecular weight excluding hydrogens is 238 g/mol. The summed E-state index contributed by atoms with van der Waals surface area (Å²) in [5, 5.41) is 3.39. The number of nitrogens with one attached hydrogen (secondary N) is 1. The van der Waals surface area contributed by atoms with Crippen LogP contribution in [0.25, 0.3) is 0 Å². The van der Waals surface area contributed by atoms with E-state index in [1.165, 1.54) is 0 Å². The molecule has 0 aliphatic carbocycles. The highest BCUT2D eigenvalue weighted by molar-refractivity contribution is 5.40. The number of aromatic nitrogens is 2. The van der Waals surface area contributed by atoms with Crippen LogP contribution in [0, 0.1) is 0 Å². The van der Waals surface area contributed by atoms with Crippen molar-refractivity contribution in [2.75, 3.05) is 11.9 Å². The van der Waals surface area contributed by atoms with E-state index in [1.54, 1.807) is 0 Å². The van der Waals surface area contributed by atoms with Crippen LogP contribution in [0.3, 0.4) is 0 Å². The minimum atomic E-state index is -0.0858. The molecule has 0 aliphatic rings. The highest BCUT2D eigenvalue weighted by Crippen LogP contribution is 2.23. The molecule has 0 saturated carbocycles. The van der Waals surface area contributed by atoms with Crippen LogP contribution in [-0.2, 0) is 5.41 Å². The van der Waals surface area contributed by atoms with Crippen molar-refractivity contribution >= 4 is 5.82 Å². The van der Waals surface area contributed by atoms with Crippen molar-refractivity contribution in [1.82, 2.24) is 9.97 Å². The lowest BCUT2D eigenvalue weighted by atomic mass is 9.96. The van der Waals surface area contributed by atoms with Gasteiger partial charge in [0.05, 0.1) is 6.61 Å². The number of rotatable bonds is 6. The van der Waals surface area contributed by atoms with Gasteiger partial charge in [-0.05, 0) is 19.8 Å². The smallest absolute Gasteiger partial charge is 0.218 e. The van der Waals surface area contributed by atoms with Crippen LogP contribution in [0.15, 0.2) is 6.07 Å². The van der Waals surface area contributed by atoms with E-state index in [0.717, 1.165) is 24.5 Å². The highest BCUT2D eigenvalue weighted by Gasteiger charge is 2.20. The summed E-state index contributed by atoms with van der Waals surface area (Å²) in [6.45, 7) is 13.4. The van der Waals surface area contributed by atoms with E-state index < -0.39 is 0 Å². The number of hydrogen-bond acceptors (Lipinski definition) is 4. The molecule has 4 heteroatoms. The Labute approximate surface area is 117 Å². The third-order valence-electron chi connectivity index (χ3n) is 2.83. The molecule has 1 aromatic rings. The molecule has 0 saturated heterocycles. The molecule has 1 atom stereocenters. The fourth-order valence-electron chi connectivity index (χ4n) is 1.47. The maximum absolute atomic E-state index is 5.66. The van der Waals surface area contributed by atoms with Crippen molar-refractivity contribution in [3.05, 3.63) is 11.9 Å². The average Bonchev–Trinajstić information content (AvgIpc) is 2.34. The van der Waals surface area contributed by atoms with E-state index in [1.807, 2.05) is 6.07 Å². The lowest BCUT2D eigenvalue weighted by molar-refractivity contribution is 0.301. The zero-order valence-electron chi connectivity index (χ0n) is 13.1. The maximum Gasteiger partial charge on any atom is 0.218 e. The van der Waals surface area contributed by atoms with Crippen LogP contribution in [0.5, 0.6) is 5.88 Å². The van der Waals surface area contributed by atoms with Gasteiger partial charge in [-0.1, -0.05) is 34.6 Å². The number of anilines is 1. The predicted octanol–water partition coefficient (Wildman–Crippen LogP) is 3.77. The summed E-state index contributed by atoms with van der Waals surface area (Å²) >= 11 is 0. The molecule has 0 spiro atoms. The van der Waals surface area contributed by atoms with Crippen LogP contribution >= 0.6 is 0 Å². The van der Waals surface area contributed by atoms with E-state index >= 15 is 0 Å². The van der Waals surface area contributed by atoms with E-state index in [2.05, 4.69) is 56.8 Å². The predicted molar refractivity (Wildman–Crippen MR) is 79.9 cm³/mol. The third-order valence-corrected chi connectivity index (χ3v) is 2.83. The van der Waals surface area contributed by atoms with Crippen molar-refractivity contribution < 1.29 is 4.74 Å². The van der Waals surface area contributed by atoms with E-state index in [4.69, 9.17) is 4.74 Å². The molecule has 0 radical (unpaired) electrons. The quantitative estimate of drug-likeness (QED) is 0.850. The average molecular weight is 265 g/mol. The van der Waals surface area contributed by atoms with Crippen LogP contribution in [0.2, 0.25) is 0 Å². The van der Waals surface area contributed by atoms with Gasteiger partial charge in [0, 0.05) is 17.5 Å². The molecule has 1 unspecified atom stereocenters. The van der Waals surface area contributed by atoms with Crippen molar-refractivity contribution in [3.63, 3.8) is 0 Å². The number of ether oxygens (including phenoxy) is 1. The topological polar surface area (TPSA) is 47.0 Å². The molecule has 0 fully saturated rings. The second kappa shape index (κ2) is 6.73. The van der Waals surface area contributed by atoms with Gasteiger partial charge in [-0.15, -0.1) is 0 Å². The molecule has 1 N–H and O–H groups in total. The molecule has 19 heavy (non-hydrogen) atoms. The van der Waals surface area contributed by atoms with Gasteiger partial charge in [-0.25, -0.2) is 4.98 Å². The monoisotopic (exact) mass is 265 g/mol. The van der Waals surface area contributed by atoms with Crippen LogP contribution in [0.1, 0.15) is 60.2 Å². The van der Waals surface area contributed by atoms with E-state index in [0.29, 0.717) is 18.5 Å². The van der Waals surface area contributed by atoms with E-state index in [9.17, 15) is 0 Å². The summed E-state index contributed by atoms with van der Waals surface area (Å²) in [4.78, 5) is 9.10. The second-order valence-electron chi connectivity index (χ2n) is 5.97. The maximum atomic E-state index is 5.66. The summed E-state index contributed by atoms with van der Waals surface area (Å²) in [6.07, 6.45) is 2.03. The Morgan fingerprint density at radius 2 is 1.95 bits per heavy atom. The van der Waals surface area contributed by atoms with Gasteiger partial charge in [0.15, 0.2) is 0 Å². The summed E-state index contributed by atoms with van der Waals surface area (Å²) < 4.78 is 5.66. The van der Waals surface area contributed by atoms with Crippen LogP contribution in [-0.4, -0.2) is 22.6 Å². The summed E-state index contributed by atoms with van der Waals surface area (Å²) in [6, 6.07) is 2.28. The van der Waals surface area contributed by atoms with Crippen LogP contribution in [0.4, 0.5) is 5.82 Å². The van der Waals surface area contributed by atoms with Gasteiger partial charge in [0.2, 0.25) is 5.88 Å². The van der Waals surface area contributed by atoms with Crippen molar-refractivity contribution in [3.8, 4) is 5.88 Å². The Bertz CT molecular complexity index is 399. The van der Waals surface area contributed by atoms with Crippen molar-refractivity contribution in [2.24, 2.45) is 0 Å². The first kappa shape index (κ1) is 15.7. The Balaban J connectivity index is 3.02. The Morgan fingerprint density at radius 3 is 2.47 bits per heavy atom. The molecule has 1 aromatic heterocycles. The van der Waals surface area contributed by atoms with Gasteiger partial charge in [-0.3, -0.25) is 0 Å². The van der Waals surface area contributed by atoms with Gasteiger partial charge in [-0.2, -0.15) is 4.98 Å². The van der Waals surface area contributed by atoms with Gasteiger partial charge >= 0.3 is 0 Å². The Kier molecular flexibility index (Phi) is 5.58. The molecule has 0 bridgehead atoms. The van der Waals surface area contributed by atoms with Gasteiger partial charge < -0.3 is 10.1 Å². The molecule has 0 aliphatic heterocycles. The summed E-state index contributed by atoms with van der Waals surface area (Å²) in [7, 11) is 0. The first-order chi connectivity index (χ1) is 8.86. The normalized spacial score (nSPS) is 13.2. The number of hydrogen-bond donors (Lipinski definition) is 1. The second-order valence-corrected chi connectivity index (χ2v) is 5.97. The largest absolute Gasteiger partial charge is 0.478 e. The minimum absolute atomic E-state index is 0.0858. The molecule has 1 rings (SSSR count). The Hall–Kier alpha value is -1.32. The van der Waals surface area contributed by atoms with Gasteiger partial charge in [0.1, 0.15) is 11.6 Å². The zero-order chi connectivity index (χ0) is 14.5. The molecule has 4 nitrogen and oxygen atoms in total. The highest BCUT2D eigenvalue weighted by atomic mass is 16.5. The fraction of sp³-hybridized carbons (Fsp3) is 0.733. The lowest BCUT2D eigenvalue weighted by Crippen LogP contribution is -2.20. The molecule has 1 heterocycles. The number of nitrogens with zero attached hydrogens (tertiary/aromatic N) is 2. The zero-order valence-corrected chi connectivity index (χ0v) is 13.1.